The summed E-state index contributed by atoms with van der Waals surface area (Å²) in [6, 6.07) is 9.41. The summed E-state index contributed by atoms with van der Waals surface area (Å²) in [5, 5.41) is 11.6. The largest absolute Gasteiger partial charge is 0.478 e. The minimum Gasteiger partial charge on any atom is -0.478 e. The fourth-order valence-corrected chi connectivity index (χ4v) is 1.52. The molecule has 1 amide bonds. The molecule has 5 heteroatoms. The zero-order valence-electron chi connectivity index (χ0n) is 11.3. The number of amides is 1. The third kappa shape index (κ3) is 4.98. The van der Waals surface area contributed by atoms with Crippen LogP contribution in [0.15, 0.2) is 24.3 Å². The summed E-state index contributed by atoms with van der Waals surface area (Å²) in [4.78, 5) is 13.3. The average molecular weight is 261 g/mol. The number of nitriles is 1. The summed E-state index contributed by atoms with van der Waals surface area (Å²) >= 11 is 0. The molecule has 19 heavy (non-hydrogen) atoms. The predicted molar refractivity (Wildman–Crippen MR) is 72.6 cm³/mol. The van der Waals surface area contributed by atoms with Crippen LogP contribution in [0.1, 0.15) is 12.5 Å². The topological polar surface area (TPSA) is 65.4 Å². The highest BCUT2D eigenvalue weighted by molar-refractivity contribution is 5.77. The zero-order valence-corrected chi connectivity index (χ0v) is 11.3. The highest BCUT2D eigenvalue weighted by atomic mass is 16.5. The van der Waals surface area contributed by atoms with E-state index in [1.165, 1.54) is 0 Å². The van der Waals surface area contributed by atoms with Crippen LogP contribution < -0.4 is 10.1 Å². The maximum Gasteiger partial charge on any atom is 0.236 e. The minimum absolute atomic E-state index is 0.0223. The first-order chi connectivity index (χ1) is 9.19. The molecule has 0 aromatic heterocycles. The molecular weight excluding hydrogens is 242 g/mol. The highest BCUT2D eigenvalue weighted by Gasteiger charge is 2.07. The van der Waals surface area contributed by atoms with E-state index in [1.54, 1.807) is 11.9 Å². The second-order valence-corrected chi connectivity index (χ2v) is 4.07. The first-order valence-corrected chi connectivity index (χ1v) is 6.21. The molecule has 0 bridgehead atoms. The first-order valence-electron chi connectivity index (χ1n) is 6.21. The lowest BCUT2D eigenvalue weighted by atomic mass is 10.2. The number of carbonyl (C=O) groups excluding carboxylic acids is 1. The maximum absolute atomic E-state index is 11.6. The Balaban J connectivity index is 2.49. The van der Waals surface area contributed by atoms with E-state index >= 15 is 0 Å². The second-order valence-electron chi connectivity index (χ2n) is 4.07. The van der Waals surface area contributed by atoms with E-state index in [0.29, 0.717) is 18.8 Å². The normalized spacial score (nSPS) is 9.74. The summed E-state index contributed by atoms with van der Waals surface area (Å²) in [5.41, 5.74) is 0.935. The molecule has 0 spiro atoms. The van der Waals surface area contributed by atoms with Crippen molar-refractivity contribution >= 4 is 5.91 Å². The quantitative estimate of drug-likeness (QED) is 0.800. The lowest BCUT2D eigenvalue weighted by molar-refractivity contribution is -0.128. The van der Waals surface area contributed by atoms with Crippen LogP contribution in [0.25, 0.3) is 0 Å². The minimum atomic E-state index is 0.0223. The number of nitrogens with one attached hydrogen (secondary N) is 1. The van der Waals surface area contributed by atoms with Crippen molar-refractivity contribution in [2.75, 3.05) is 26.7 Å². The third-order valence-corrected chi connectivity index (χ3v) is 2.76. The van der Waals surface area contributed by atoms with Crippen molar-refractivity contribution in [3.8, 4) is 11.8 Å². The Bertz CT molecular complexity index is 454. The fraction of sp³-hybridized carbons (Fsp3) is 0.429. The molecule has 0 heterocycles. The summed E-state index contributed by atoms with van der Waals surface area (Å²) < 4.78 is 5.32. The fourth-order valence-electron chi connectivity index (χ4n) is 1.52. The Morgan fingerprint density at radius 3 is 2.89 bits per heavy atom. The van der Waals surface area contributed by atoms with Gasteiger partial charge in [-0.2, -0.15) is 5.26 Å². The van der Waals surface area contributed by atoms with Gasteiger partial charge in [0.25, 0.3) is 0 Å². The standard InChI is InChI=1S/C14H19N3O2/c1-3-17(2)14(18)11-16-10-12-6-4-5-7-13(12)19-9-8-15/h4-7,16H,3,9-11H2,1-2H3. The summed E-state index contributed by atoms with van der Waals surface area (Å²) in [6.45, 7) is 3.47. The SMILES string of the molecule is CCN(C)C(=O)CNCc1ccccc1OCC#N. The molecule has 0 radical (unpaired) electrons. The number of likely N-dealkylation sites (N-methyl/N-ethyl adjacent to an activating group) is 1. The Morgan fingerprint density at radius 2 is 2.21 bits per heavy atom. The van der Waals surface area contributed by atoms with Gasteiger partial charge in [0, 0.05) is 25.7 Å². The van der Waals surface area contributed by atoms with Gasteiger partial charge in [-0.3, -0.25) is 4.79 Å². The smallest absolute Gasteiger partial charge is 0.236 e. The number of hydrogen-bond acceptors (Lipinski definition) is 4. The van der Waals surface area contributed by atoms with Gasteiger partial charge >= 0.3 is 0 Å². The van der Waals surface area contributed by atoms with Crippen LogP contribution in [0.5, 0.6) is 5.75 Å². The van der Waals surface area contributed by atoms with Crippen molar-refractivity contribution in [2.24, 2.45) is 0 Å². The molecule has 0 atom stereocenters. The molecule has 0 saturated heterocycles. The molecule has 1 aromatic rings. The van der Waals surface area contributed by atoms with Gasteiger partial charge in [0.05, 0.1) is 6.54 Å². The van der Waals surface area contributed by atoms with Gasteiger partial charge in [-0.1, -0.05) is 18.2 Å². The molecule has 5 nitrogen and oxygen atoms in total. The average Bonchev–Trinajstić information content (AvgIpc) is 2.45. The number of ether oxygens (including phenoxy) is 1. The molecule has 102 valence electrons. The maximum atomic E-state index is 11.6. The van der Waals surface area contributed by atoms with E-state index in [9.17, 15) is 4.79 Å². The van der Waals surface area contributed by atoms with Crippen LogP contribution in [-0.2, 0) is 11.3 Å². The molecule has 1 rings (SSSR count). The Morgan fingerprint density at radius 1 is 1.47 bits per heavy atom. The van der Waals surface area contributed by atoms with E-state index in [4.69, 9.17) is 10.00 Å². The second kappa shape index (κ2) is 8.11. The Kier molecular flexibility index (Phi) is 6.41. The van der Waals surface area contributed by atoms with Crippen molar-refractivity contribution < 1.29 is 9.53 Å². The number of hydrogen-bond donors (Lipinski definition) is 1. The van der Waals surface area contributed by atoms with Gasteiger partial charge < -0.3 is 15.0 Å². The third-order valence-electron chi connectivity index (χ3n) is 2.76. The van der Waals surface area contributed by atoms with Crippen molar-refractivity contribution in [1.82, 2.24) is 10.2 Å². The van der Waals surface area contributed by atoms with E-state index in [-0.39, 0.29) is 19.1 Å². The number of benzene rings is 1. The monoisotopic (exact) mass is 261 g/mol. The van der Waals surface area contributed by atoms with Crippen LogP contribution in [0.4, 0.5) is 0 Å². The van der Waals surface area contributed by atoms with Crippen LogP contribution in [0.2, 0.25) is 0 Å². The van der Waals surface area contributed by atoms with Gasteiger partial charge in [-0.05, 0) is 13.0 Å². The summed E-state index contributed by atoms with van der Waals surface area (Å²) in [7, 11) is 1.77. The number of rotatable bonds is 7. The van der Waals surface area contributed by atoms with Crippen LogP contribution in [0, 0.1) is 11.3 Å². The molecule has 0 aliphatic carbocycles. The molecule has 1 aromatic carbocycles. The van der Waals surface area contributed by atoms with Gasteiger partial charge in [-0.15, -0.1) is 0 Å². The lowest BCUT2D eigenvalue weighted by Crippen LogP contribution is -2.35. The molecule has 0 aliphatic rings. The summed E-state index contributed by atoms with van der Waals surface area (Å²) in [5.74, 6) is 0.728. The van der Waals surface area contributed by atoms with Crippen LogP contribution >= 0.6 is 0 Å². The van der Waals surface area contributed by atoms with Gasteiger partial charge in [0.1, 0.15) is 11.8 Å². The van der Waals surface area contributed by atoms with Gasteiger partial charge in [0.15, 0.2) is 6.61 Å². The highest BCUT2D eigenvalue weighted by Crippen LogP contribution is 2.17. The van der Waals surface area contributed by atoms with E-state index in [2.05, 4.69) is 5.32 Å². The van der Waals surface area contributed by atoms with E-state index in [1.807, 2.05) is 37.3 Å². The van der Waals surface area contributed by atoms with Crippen molar-refractivity contribution in [1.29, 1.82) is 5.26 Å². The molecule has 0 saturated carbocycles. The van der Waals surface area contributed by atoms with Crippen molar-refractivity contribution in [2.45, 2.75) is 13.5 Å². The lowest BCUT2D eigenvalue weighted by Gasteiger charge is -2.15. The molecule has 1 N–H and O–H groups in total. The van der Waals surface area contributed by atoms with Gasteiger partial charge in [-0.25, -0.2) is 0 Å². The van der Waals surface area contributed by atoms with E-state index in [0.717, 1.165) is 5.56 Å². The first kappa shape index (κ1) is 15.0. The Labute approximate surface area is 113 Å². The van der Waals surface area contributed by atoms with Crippen LogP contribution in [0.3, 0.4) is 0 Å². The predicted octanol–water partition coefficient (Wildman–Crippen LogP) is 1.16. The van der Waals surface area contributed by atoms with E-state index < -0.39 is 0 Å². The van der Waals surface area contributed by atoms with Crippen molar-refractivity contribution in [3.05, 3.63) is 29.8 Å². The number of carbonyl (C=O) groups is 1. The van der Waals surface area contributed by atoms with Crippen molar-refractivity contribution in [3.63, 3.8) is 0 Å². The molecule has 0 unspecified atom stereocenters. The number of para-hydroxylation sites is 1. The molecular formula is C14H19N3O2. The summed E-state index contributed by atoms with van der Waals surface area (Å²) in [6.07, 6.45) is 0. The van der Waals surface area contributed by atoms with Crippen LogP contribution in [-0.4, -0.2) is 37.6 Å². The molecule has 0 fully saturated rings. The number of nitrogens with zero attached hydrogens (tertiary/aromatic N) is 2. The zero-order chi connectivity index (χ0) is 14.1. The van der Waals surface area contributed by atoms with Gasteiger partial charge in [0.2, 0.25) is 5.91 Å². The Hall–Kier alpha value is -2.06. The molecule has 0 aliphatic heterocycles.